The van der Waals surface area contributed by atoms with Crippen LogP contribution in [0.5, 0.6) is 0 Å². The Bertz CT molecular complexity index is 1290. The molecule has 0 saturated heterocycles. The van der Waals surface area contributed by atoms with E-state index in [1.165, 1.54) is 6.07 Å². The lowest BCUT2D eigenvalue weighted by atomic mass is 10.0. The molecule has 1 aromatic heterocycles. The Morgan fingerprint density at radius 2 is 1.69 bits per heavy atom. The molecule has 0 saturated carbocycles. The largest absolute Gasteiger partial charge is 0.452 e. The third kappa shape index (κ3) is 3.53. The van der Waals surface area contributed by atoms with Crippen LogP contribution in [0.2, 0.25) is 10.0 Å². The maximum atomic E-state index is 13.0. The van der Waals surface area contributed by atoms with Crippen LogP contribution >= 0.6 is 23.2 Å². The fraction of sp³-hybridized carbons (Fsp3) is 0.0435. The van der Waals surface area contributed by atoms with E-state index in [-0.39, 0.29) is 16.6 Å². The molecule has 3 aromatic carbocycles. The van der Waals surface area contributed by atoms with E-state index in [9.17, 15) is 9.59 Å². The zero-order valence-electron chi connectivity index (χ0n) is 15.3. The van der Waals surface area contributed by atoms with Crippen molar-refractivity contribution in [2.24, 2.45) is 5.73 Å². The summed E-state index contributed by atoms with van der Waals surface area (Å²) in [7, 11) is 0. The molecule has 4 rings (SSSR count). The van der Waals surface area contributed by atoms with Gasteiger partial charge in [-0.05, 0) is 54.4 Å². The average Bonchev–Trinajstić information content (AvgIpc) is 3.03. The molecule has 0 aliphatic carbocycles. The van der Waals surface area contributed by atoms with Gasteiger partial charge in [0.05, 0.1) is 5.02 Å². The molecule has 1 amide bonds. The van der Waals surface area contributed by atoms with Crippen molar-refractivity contribution in [1.82, 2.24) is 0 Å². The number of ketones is 1. The molecule has 4 nitrogen and oxygen atoms in total. The number of carbonyl (C=O) groups is 2. The predicted molar refractivity (Wildman–Crippen MR) is 115 cm³/mol. The van der Waals surface area contributed by atoms with Crippen molar-refractivity contribution in [3.8, 4) is 11.1 Å². The summed E-state index contributed by atoms with van der Waals surface area (Å²) in [4.78, 5) is 24.4. The molecule has 0 atom stereocenters. The van der Waals surface area contributed by atoms with Crippen molar-refractivity contribution in [3.63, 3.8) is 0 Å². The number of fused-ring (bicyclic) bond motifs is 1. The molecule has 0 spiro atoms. The van der Waals surface area contributed by atoms with Gasteiger partial charge in [0.2, 0.25) is 11.7 Å². The lowest BCUT2D eigenvalue weighted by Crippen LogP contribution is -2.10. The first-order chi connectivity index (χ1) is 13.8. The maximum absolute atomic E-state index is 13.0. The smallest absolute Gasteiger partial charge is 0.248 e. The van der Waals surface area contributed by atoms with Gasteiger partial charge in [-0.15, -0.1) is 0 Å². The van der Waals surface area contributed by atoms with E-state index < -0.39 is 5.91 Å². The number of aryl methyl sites for hydroxylation is 1. The highest BCUT2D eigenvalue weighted by Crippen LogP contribution is 2.33. The minimum absolute atomic E-state index is 0.229. The second kappa shape index (κ2) is 7.39. The molecule has 0 unspecified atom stereocenters. The zero-order chi connectivity index (χ0) is 20.7. The molecule has 144 valence electrons. The third-order valence-corrected chi connectivity index (χ3v) is 5.35. The van der Waals surface area contributed by atoms with Crippen LogP contribution in [0.25, 0.3) is 22.1 Å². The van der Waals surface area contributed by atoms with E-state index in [0.29, 0.717) is 21.7 Å². The van der Waals surface area contributed by atoms with Gasteiger partial charge in [-0.1, -0.05) is 47.5 Å². The van der Waals surface area contributed by atoms with Crippen LogP contribution < -0.4 is 5.73 Å². The lowest BCUT2D eigenvalue weighted by molar-refractivity contribution is 0.0996. The molecule has 1 heterocycles. The summed E-state index contributed by atoms with van der Waals surface area (Å²) in [6.45, 7) is 1.83. The van der Waals surface area contributed by atoms with Gasteiger partial charge in [-0.3, -0.25) is 9.59 Å². The summed E-state index contributed by atoms with van der Waals surface area (Å²) < 4.78 is 5.91. The molecule has 0 radical (unpaired) electrons. The normalized spacial score (nSPS) is 11.0. The van der Waals surface area contributed by atoms with Crippen molar-refractivity contribution in [2.75, 3.05) is 0 Å². The Labute approximate surface area is 176 Å². The van der Waals surface area contributed by atoms with Crippen LogP contribution in [0.4, 0.5) is 0 Å². The number of amides is 1. The number of hydrogen-bond donors (Lipinski definition) is 1. The van der Waals surface area contributed by atoms with Crippen molar-refractivity contribution in [3.05, 3.63) is 93.2 Å². The van der Waals surface area contributed by atoms with Crippen molar-refractivity contribution < 1.29 is 14.0 Å². The van der Waals surface area contributed by atoms with E-state index in [0.717, 1.165) is 22.1 Å². The van der Waals surface area contributed by atoms with Gasteiger partial charge in [0.25, 0.3) is 0 Å². The number of carbonyl (C=O) groups excluding carboxylic acids is 2. The summed E-state index contributed by atoms with van der Waals surface area (Å²) in [5, 5.41) is 1.55. The predicted octanol–water partition coefficient (Wildman–Crippen LogP) is 6.04. The Kier molecular flexibility index (Phi) is 4.91. The Morgan fingerprint density at radius 1 is 0.931 bits per heavy atom. The van der Waals surface area contributed by atoms with Gasteiger partial charge >= 0.3 is 0 Å². The SMILES string of the molecule is Cc1c(C(=O)c2ccc(Cl)cc2Cl)oc2cc(-c3cccc(C(N)=O)c3)ccc12. The number of nitrogens with two attached hydrogens (primary N) is 1. The van der Waals surface area contributed by atoms with Gasteiger partial charge in [0.1, 0.15) is 5.58 Å². The minimum Gasteiger partial charge on any atom is -0.452 e. The van der Waals surface area contributed by atoms with Crippen molar-refractivity contribution >= 4 is 45.9 Å². The van der Waals surface area contributed by atoms with Crippen LogP contribution in [0.3, 0.4) is 0 Å². The molecular weight excluding hydrogens is 409 g/mol. The Balaban J connectivity index is 1.79. The van der Waals surface area contributed by atoms with Crippen molar-refractivity contribution in [2.45, 2.75) is 6.92 Å². The molecule has 0 bridgehead atoms. The van der Waals surface area contributed by atoms with Gasteiger partial charge in [-0.2, -0.15) is 0 Å². The van der Waals surface area contributed by atoms with E-state index >= 15 is 0 Å². The van der Waals surface area contributed by atoms with Crippen LogP contribution in [-0.2, 0) is 0 Å². The standard InChI is InChI=1S/C23H15Cl2NO3/c1-12-17-7-5-14(13-3-2-4-15(9-13)23(26)28)10-20(17)29-22(12)21(27)18-8-6-16(24)11-19(18)25/h2-11H,1H3,(H2,26,28). The van der Waals surface area contributed by atoms with E-state index in [1.807, 2.05) is 31.2 Å². The number of rotatable bonds is 4. The topological polar surface area (TPSA) is 73.3 Å². The maximum Gasteiger partial charge on any atom is 0.248 e. The summed E-state index contributed by atoms with van der Waals surface area (Å²) in [6, 6.07) is 17.4. The fourth-order valence-corrected chi connectivity index (χ4v) is 3.76. The minimum atomic E-state index is -0.491. The lowest BCUT2D eigenvalue weighted by Gasteiger charge is -2.03. The zero-order valence-corrected chi connectivity index (χ0v) is 16.8. The second-order valence-electron chi connectivity index (χ2n) is 6.67. The average molecular weight is 424 g/mol. The fourth-order valence-electron chi connectivity index (χ4n) is 3.27. The summed E-state index contributed by atoms with van der Waals surface area (Å²) >= 11 is 12.1. The van der Waals surface area contributed by atoms with Gasteiger partial charge in [0.15, 0.2) is 5.76 Å². The van der Waals surface area contributed by atoms with E-state index in [4.69, 9.17) is 33.4 Å². The van der Waals surface area contributed by atoms with Crippen LogP contribution in [0.15, 0.2) is 65.1 Å². The highest BCUT2D eigenvalue weighted by atomic mass is 35.5. The Morgan fingerprint density at radius 3 is 2.41 bits per heavy atom. The summed E-state index contributed by atoms with van der Waals surface area (Å²) in [5.74, 6) is -0.570. The summed E-state index contributed by atoms with van der Waals surface area (Å²) in [6.07, 6.45) is 0. The molecule has 6 heteroatoms. The quantitative estimate of drug-likeness (QED) is 0.406. The molecule has 2 N–H and O–H groups in total. The number of halogens is 2. The first kappa shape index (κ1) is 19.2. The van der Waals surface area contributed by atoms with Gasteiger partial charge < -0.3 is 10.2 Å². The highest BCUT2D eigenvalue weighted by molar-refractivity contribution is 6.37. The van der Waals surface area contributed by atoms with E-state index in [1.54, 1.807) is 30.3 Å². The second-order valence-corrected chi connectivity index (χ2v) is 7.51. The molecule has 0 aliphatic heterocycles. The monoisotopic (exact) mass is 423 g/mol. The first-order valence-corrected chi connectivity index (χ1v) is 9.54. The first-order valence-electron chi connectivity index (χ1n) is 8.78. The van der Waals surface area contributed by atoms with Gasteiger partial charge in [-0.25, -0.2) is 0 Å². The third-order valence-electron chi connectivity index (χ3n) is 4.80. The Hall–Kier alpha value is -3.08. The molecule has 29 heavy (non-hydrogen) atoms. The van der Waals surface area contributed by atoms with Crippen LogP contribution in [0, 0.1) is 6.92 Å². The number of primary amides is 1. The molecular formula is C23H15Cl2NO3. The van der Waals surface area contributed by atoms with Crippen LogP contribution in [0.1, 0.15) is 32.0 Å². The number of hydrogen-bond acceptors (Lipinski definition) is 3. The summed E-state index contributed by atoms with van der Waals surface area (Å²) in [5.41, 5.74) is 9.09. The molecule has 0 fully saturated rings. The number of benzene rings is 3. The van der Waals surface area contributed by atoms with Gasteiger partial charge in [0, 0.05) is 27.1 Å². The molecule has 0 aliphatic rings. The van der Waals surface area contributed by atoms with Crippen molar-refractivity contribution in [1.29, 1.82) is 0 Å². The molecule has 4 aromatic rings. The highest BCUT2D eigenvalue weighted by Gasteiger charge is 2.21. The number of furan rings is 1. The van der Waals surface area contributed by atoms with Crippen LogP contribution in [-0.4, -0.2) is 11.7 Å². The van der Waals surface area contributed by atoms with E-state index in [2.05, 4.69) is 0 Å².